The zero-order valence-electron chi connectivity index (χ0n) is 9.69. The monoisotopic (exact) mass is 225 g/mol. The highest BCUT2D eigenvalue weighted by molar-refractivity contribution is 6.36. The van der Waals surface area contributed by atoms with Crippen LogP contribution in [0.2, 0.25) is 0 Å². The number of esters is 1. The third-order valence-electron chi connectivity index (χ3n) is 3.97. The van der Waals surface area contributed by atoms with E-state index in [4.69, 9.17) is 9.94 Å². The molecule has 0 amide bonds. The summed E-state index contributed by atoms with van der Waals surface area (Å²) in [7, 11) is 0. The summed E-state index contributed by atoms with van der Waals surface area (Å²) in [6, 6.07) is 0. The third-order valence-corrected chi connectivity index (χ3v) is 3.97. The van der Waals surface area contributed by atoms with Crippen LogP contribution in [-0.4, -0.2) is 23.5 Å². The van der Waals surface area contributed by atoms with Crippen molar-refractivity contribution in [3.63, 3.8) is 0 Å². The molecule has 0 aromatic rings. The minimum atomic E-state index is -0.465. The maximum Gasteiger partial charge on any atom is 0.356 e. The summed E-state index contributed by atoms with van der Waals surface area (Å²) in [5.74, 6) is 1.63. The predicted molar refractivity (Wildman–Crippen MR) is 59.4 cm³/mol. The van der Waals surface area contributed by atoms with Crippen molar-refractivity contribution in [2.24, 2.45) is 22.9 Å². The summed E-state index contributed by atoms with van der Waals surface area (Å²) >= 11 is 0. The Balaban J connectivity index is 1.90. The number of rotatable bonds is 4. The highest BCUT2D eigenvalue weighted by Gasteiger charge is 2.40. The van der Waals surface area contributed by atoms with Crippen LogP contribution in [0.15, 0.2) is 5.16 Å². The van der Waals surface area contributed by atoms with Gasteiger partial charge in [-0.2, -0.15) is 0 Å². The van der Waals surface area contributed by atoms with Crippen LogP contribution < -0.4 is 0 Å². The van der Waals surface area contributed by atoms with Crippen LogP contribution >= 0.6 is 0 Å². The number of carbonyl (C=O) groups is 1. The zero-order valence-corrected chi connectivity index (χ0v) is 9.69. The standard InChI is InChI=1S/C12H19NO3/c1-2-16-12(14)11(13-15)7-10-6-8-3-4-9(10)5-8/h8-10,15H,2-7H2,1H3. The van der Waals surface area contributed by atoms with E-state index in [1.165, 1.54) is 25.7 Å². The van der Waals surface area contributed by atoms with Crippen molar-refractivity contribution in [1.82, 2.24) is 0 Å². The first-order valence-electron chi connectivity index (χ1n) is 6.12. The van der Waals surface area contributed by atoms with Gasteiger partial charge in [-0.25, -0.2) is 4.79 Å². The molecule has 1 N–H and O–H groups in total. The van der Waals surface area contributed by atoms with Crippen LogP contribution in [-0.2, 0) is 9.53 Å². The van der Waals surface area contributed by atoms with Gasteiger partial charge in [-0.1, -0.05) is 11.6 Å². The van der Waals surface area contributed by atoms with Crippen LogP contribution in [0.3, 0.4) is 0 Å². The highest BCUT2D eigenvalue weighted by atomic mass is 16.5. The predicted octanol–water partition coefficient (Wildman–Crippen LogP) is 2.21. The molecular formula is C12H19NO3. The van der Waals surface area contributed by atoms with Crippen LogP contribution in [0.5, 0.6) is 0 Å². The summed E-state index contributed by atoms with van der Waals surface area (Å²) in [5.41, 5.74) is 0.194. The quantitative estimate of drug-likeness (QED) is 0.345. The molecule has 0 spiro atoms. The number of nitrogens with zero attached hydrogens (tertiary/aromatic N) is 1. The lowest BCUT2D eigenvalue weighted by molar-refractivity contribution is -0.135. The van der Waals surface area contributed by atoms with Gasteiger partial charge >= 0.3 is 5.97 Å². The van der Waals surface area contributed by atoms with E-state index in [0.29, 0.717) is 18.9 Å². The SMILES string of the molecule is CCOC(=O)C(CC1CC2CCC1C2)=NO. The van der Waals surface area contributed by atoms with E-state index in [0.717, 1.165) is 11.8 Å². The first-order chi connectivity index (χ1) is 7.74. The van der Waals surface area contributed by atoms with Gasteiger partial charge in [0.2, 0.25) is 0 Å². The molecule has 0 aromatic heterocycles. The Morgan fingerprint density at radius 3 is 2.75 bits per heavy atom. The van der Waals surface area contributed by atoms with E-state index in [1.807, 2.05) is 0 Å². The van der Waals surface area contributed by atoms with Crippen molar-refractivity contribution in [2.45, 2.75) is 39.0 Å². The molecule has 2 bridgehead atoms. The Hall–Kier alpha value is -1.06. The van der Waals surface area contributed by atoms with Gasteiger partial charge in [-0.15, -0.1) is 0 Å². The molecule has 0 aromatic carbocycles. The average molecular weight is 225 g/mol. The lowest BCUT2D eigenvalue weighted by Crippen LogP contribution is -2.23. The summed E-state index contributed by atoms with van der Waals surface area (Å²) in [6.07, 6.45) is 5.68. The number of hydrogen-bond acceptors (Lipinski definition) is 4. The Bertz CT molecular complexity index is 301. The van der Waals surface area contributed by atoms with Crippen molar-refractivity contribution in [1.29, 1.82) is 0 Å². The van der Waals surface area contributed by atoms with E-state index in [-0.39, 0.29) is 5.71 Å². The molecule has 3 atom stereocenters. The Morgan fingerprint density at radius 2 is 2.25 bits per heavy atom. The number of ether oxygens (including phenoxy) is 1. The molecule has 2 rings (SSSR count). The van der Waals surface area contributed by atoms with E-state index in [1.54, 1.807) is 6.92 Å². The number of hydrogen-bond donors (Lipinski definition) is 1. The second kappa shape index (κ2) is 4.85. The van der Waals surface area contributed by atoms with Crippen molar-refractivity contribution in [3.05, 3.63) is 0 Å². The molecule has 0 saturated heterocycles. The van der Waals surface area contributed by atoms with E-state index >= 15 is 0 Å². The van der Waals surface area contributed by atoms with Crippen molar-refractivity contribution in [2.75, 3.05) is 6.61 Å². The Labute approximate surface area is 95.7 Å². The molecule has 2 fully saturated rings. The Morgan fingerprint density at radius 1 is 1.44 bits per heavy atom. The number of carbonyl (C=O) groups excluding carboxylic acids is 1. The first-order valence-corrected chi connectivity index (χ1v) is 6.12. The molecule has 0 heterocycles. The molecule has 0 radical (unpaired) electrons. The summed E-state index contributed by atoms with van der Waals surface area (Å²) in [5, 5.41) is 11.9. The fraction of sp³-hybridized carbons (Fsp3) is 0.833. The molecule has 0 aliphatic heterocycles. The van der Waals surface area contributed by atoms with Crippen LogP contribution in [0.25, 0.3) is 0 Å². The van der Waals surface area contributed by atoms with Crippen molar-refractivity contribution < 1.29 is 14.7 Å². The average Bonchev–Trinajstić information content (AvgIpc) is 2.87. The molecule has 2 saturated carbocycles. The van der Waals surface area contributed by atoms with Crippen LogP contribution in [0.1, 0.15) is 39.0 Å². The summed E-state index contributed by atoms with van der Waals surface area (Å²) < 4.78 is 4.86. The van der Waals surface area contributed by atoms with Gasteiger partial charge in [-0.05, 0) is 43.9 Å². The second-order valence-corrected chi connectivity index (χ2v) is 4.91. The van der Waals surface area contributed by atoms with Crippen molar-refractivity contribution in [3.8, 4) is 0 Å². The zero-order chi connectivity index (χ0) is 11.5. The minimum absolute atomic E-state index is 0.194. The first kappa shape index (κ1) is 11.4. The molecule has 4 nitrogen and oxygen atoms in total. The fourth-order valence-electron chi connectivity index (χ4n) is 3.25. The smallest absolute Gasteiger partial charge is 0.356 e. The van der Waals surface area contributed by atoms with Crippen LogP contribution in [0.4, 0.5) is 0 Å². The molecule has 16 heavy (non-hydrogen) atoms. The lowest BCUT2D eigenvalue weighted by Gasteiger charge is -2.21. The topological polar surface area (TPSA) is 58.9 Å². The number of oxime groups is 1. The Kier molecular flexibility index (Phi) is 3.46. The summed E-state index contributed by atoms with van der Waals surface area (Å²) in [6.45, 7) is 2.08. The van der Waals surface area contributed by atoms with Crippen LogP contribution in [0, 0.1) is 17.8 Å². The van der Waals surface area contributed by atoms with Gasteiger partial charge in [-0.3, -0.25) is 0 Å². The number of fused-ring (bicyclic) bond motifs is 2. The maximum absolute atomic E-state index is 11.5. The van der Waals surface area contributed by atoms with Gasteiger partial charge in [0.15, 0.2) is 5.71 Å². The van der Waals surface area contributed by atoms with Gasteiger partial charge in [0.05, 0.1) is 6.61 Å². The lowest BCUT2D eigenvalue weighted by atomic mass is 9.85. The van der Waals surface area contributed by atoms with E-state index < -0.39 is 5.97 Å². The third kappa shape index (κ3) is 2.20. The molecule has 90 valence electrons. The van der Waals surface area contributed by atoms with Gasteiger partial charge in [0, 0.05) is 6.42 Å². The normalized spacial score (nSPS) is 33.1. The molecule has 3 unspecified atom stereocenters. The molecule has 2 aliphatic carbocycles. The minimum Gasteiger partial charge on any atom is -0.461 e. The molecule has 2 aliphatic rings. The maximum atomic E-state index is 11.5. The fourth-order valence-corrected chi connectivity index (χ4v) is 3.25. The van der Waals surface area contributed by atoms with Gasteiger partial charge in [0.25, 0.3) is 0 Å². The molecule has 4 heteroatoms. The largest absolute Gasteiger partial charge is 0.461 e. The van der Waals surface area contributed by atoms with Gasteiger partial charge in [0.1, 0.15) is 0 Å². The highest BCUT2D eigenvalue weighted by Crippen LogP contribution is 2.49. The summed E-state index contributed by atoms with van der Waals surface area (Å²) in [4.78, 5) is 11.5. The van der Waals surface area contributed by atoms with Crippen molar-refractivity contribution >= 4 is 11.7 Å². The van der Waals surface area contributed by atoms with Gasteiger partial charge < -0.3 is 9.94 Å². The second-order valence-electron chi connectivity index (χ2n) is 4.91. The van der Waals surface area contributed by atoms with E-state index in [9.17, 15) is 4.79 Å². The van der Waals surface area contributed by atoms with E-state index in [2.05, 4.69) is 5.16 Å². The molecular weight excluding hydrogens is 206 g/mol.